The van der Waals surface area contributed by atoms with Crippen LogP contribution in [0.1, 0.15) is 29.9 Å². The highest BCUT2D eigenvalue weighted by molar-refractivity contribution is 5.74. The summed E-state index contributed by atoms with van der Waals surface area (Å²) in [6.07, 6.45) is 7.88. The largest absolute Gasteiger partial charge is 0.497 e. The van der Waals surface area contributed by atoms with Crippen LogP contribution in [0.3, 0.4) is 0 Å². The highest BCUT2D eigenvalue weighted by atomic mass is 16.5. The molecule has 1 aliphatic carbocycles. The minimum atomic E-state index is -0.0266. The number of nitrogens with zero attached hydrogens (tertiary/aromatic N) is 2. The number of nitrogens with one attached hydrogen (secondary N) is 2. The third-order valence-electron chi connectivity index (χ3n) is 7.36. The third kappa shape index (κ3) is 8.33. The molecule has 2 N–H and O–H groups in total. The Morgan fingerprint density at radius 2 is 1.76 bits per heavy atom. The minimum absolute atomic E-state index is 0.0266. The Hall–Kier alpha value is -3.35. The molecule has 38 heavy (non-hydrogen) atoms. The van der Waals surface area contributed by atoms with Gasteiger partial charge in [-0.25, -0.2) is 4.79 Å². The molecule has 0 radical (unpaired) electrons. The Bertz CT molecular complexity index is 1040. The maximum absolute atomic E-state index is 13.5. The summed E-state index contributed by atoms with van der Waals surface area (Å²) in [5.74, 6) is 1.37. The minimum Gasteiger partial charge on any atom is -0.497 e. The highest BCUT2D eigenvalue weighted by Crippen LogP contribution is 2.28. The number of allylic oxidation sites excluding steroid dienone is 2. The fraction of sp³-hybridized carbons (Fsp3) is 0.406. The van der Waals surface area contributed by atoms with Gasteiger partial charge in [0.2, 0.25) is 0 Å². The van der Waals surface area contributed by atoms with Crippen molar-refractivity contribution in [2.75, 3.05) is 59.5 Å². The molecule has 0 aromatic heterocycles. The first kappa shape index (κ1) is 27.7. The average molecular weight is 515 g/mol. The average Bonchev–Trinajstić information content (AvgIpc) is 2.97. The molecule has 4 rings (SSSR count). The summed E-state index contributed by atoms with van der Waals surface area (Å²) in [5.41, 5.74) is 3.61. The first-order chi connectivity index (χ1) is 18.6. The number of carbonyl (C=O) groups excluding carboxylic acids is 1. The summed E-state index contributed by atoms with van der Waals surface area (Å²) in [4.78, 5) is 17.9. The molecule has 2 amide bonds. The fourth-order valence-electron chi connectivity index (χ4n) is 5.22. The van der Waals surface area contributed by atoms with Crippen molar-refractivity contribution in [3.63, 3.8) is 0 Å². The number of benzene rings is 2. The number of carbonyl (C=O) groups is 1. The first-order valence-corrected chi connectivity index (χ1v) is 13.8. The van der Waals surface area contributed by atoms with Crippen LogP contribution in [-0.2, 0) is 4.74 Å². The van der Waals surface area contributed by atoms with Gasteiger partial charge in [0.25, 0.3) is 0 Å². The summed E-state index contributed by atoms with van der Waals surface area (Å²) in [5, 5.41) is 6.60. The molecular weight excluding hydrogens is 472 g/mol. The number of hydrogen-bond donors (Lipinski definition) is 2. The van der Waals surface area contributed by atoms with Crippen LogP contribution in [0, 0.1) is 5.92 Å². The van der Waals surface area contributed by atoms with Crippen LogP contribution in [0.15, 0.2) is 96.8 Å². The zero-order chi connectivity index (χ0) is 26.6. The number of hydrogen-bond acceptors (Lipinski definition) is 4. The molecule has 2 aliphatic rings. The Morgan fingerprint density at radius 1 is 1.11 bits per heavy atom. The predicted molar refractivity (Wildman–Crippen MR) is 155 cm³/mol. The molecule has 1 aliphatic heterocycles. The monoisotopic (exact) mass is 514 g/mol. The van der Waals surface area contributed by atoms with Crippen LogP contribution in [0.5, 0.6) is 0 Å². The second kappa shape index (κ2) is 14.6. The van der Waals surface area contributed by atoms with Gasteiger partial charge in [-0.2, -0.15) is 0 Å². The Labute approximate surface area is 228 Å². The lowest BCUT2D eigenvalue weighted by Crippen LogP contribution is -2.46. The van der Waals surface area contributed by atoms with E-state index in [1.807, 2.05) is 11.0 Å². The first-order valence-electron chi connectivity index (χ1n) is 13.8. The number of ether oxygens (including phenoxy) is 1. The third-order valence-corrected chi connectivity index (χ3v) is 7.36. The second-order valence-corrected chi connectivity index (χ2v) is 10.2. The zero-order valence-electron chi connectivity index (χ0n) is 22.6. The van der Waals surface area contributed by atoms with Gasteiger partial charge in [0.15, 0.2) is 0 Å². The van der Waals surface area contributed by atoms with Gasteiger partial charge >= 0.3 is 6.03 Å². The summed E-state index contributed by atoms with van der Waals surface area (Å²) in [7, 11) is 1.68. The molecule has 2 aromatic carbocycles. The van der Waals surface area contributed by atoms with Crippen LogP contribution < -0.4 is 10.6 Å². The van der Waals surface area contributed by atoms with Crippen LogP contribution in [0.2, 0.25) is 0 Å². The molecule has 2 aromatic rings. The topological polar surface area (TPSA) is 56.8 Å². The number of rotatable bonds is 12. The van der Waals surface area contributed by atoms with Gasteiger partial charge in [0.05, 0.1) is 7.11 Å². The van der Waals surface area contributed by atoms with E-state index in [9.17, 15) is 4.79 Å². The van der Waals surface area contributed by atoms with E-state index < -0.39 is 0 Å². The van der Waals surface area contributed by atoms with E-state index in [1.54, 1.807) is 7.11 Å². The summed E-state index contributed by atoms with van der Waals surface area (Å²) in [6.45, 7) is 11.0. The van der Waals surface area contributed by atoms with Crippen molar-refractivity contribution in [1.82, 2.24) is 20.4 Å². The number of amides is 2. The van der Waals surface area contributed by atoms with Crippen LogP contribution in [0.25, 0.3) is 0 Å². The highest BCUT2D eigenvalue weighted by Gasteiger charge is 2.21. The van der Waals surface area contributed by atoms with Crippen molar-refractivity contribution in [2.45, 2.75) is 18.8 Å². The lowest BCUT2D eigenvalue weighted by atomic mass is 9.88. The summed E-state index contributed by atoms with van der Waals surface area (Å²) in [6, 6.07) is 21.2. The molecule has 202 valence electrons. The molecule has 1 heterocycles. The maximum Gasteiger partial charge on any atom is 0.317 e. The normalized spacial score (nSPS) is 17.6. The van der Waals surface area contributed by atoms with Gasteiger partial charge in [-0.15, -0.1) is 0 Å². The predicted octanol–water partition coefficient (Wildman–Crippen LogP) is 4.79. The zero-order valence-corrected chi connectivity index (χ0v) is 22.6. The molecular formula is C32H42N4O2. The van der Waals surface area contributed by atoms with E-state index in [1.165, 1.54) is 11.1 Å². The van der Waals surface area contributed by atoms with Gasteiger partial charge in [0.1, 0.15) is 5.76 Å². The molecule has 1 saturated heterocycles. The van der Waals surface area contributed by atoms with Crippen LogP contribution in [-0.4, -0.2) is 75.3 Å². The van der Waals surface area contributed by atoms with Gasteiger partial charge in [0, 0.05) is 58.3 Å². The second-order valence-electron chi connectivity index (χ2n) is 10.2. The smallest absolute Gasteiger partial charge is 0.317 e. The Morgan fingerprint density at radius 3 is 2.34 bits per heavy atom. The van der Waals surface area contributed by atoms with Crippen molar-refractivity contribution in [1.29, 1.82) is 0 Å². The van der Waals surface area contributed by atoms with Crippen molar-refractivity contribution in [2.24, 2.45) is 5.92 Å². The Kier molecular flexibility index (Phi) is 10.6. The molecule has 1 unspecified atom stereocenters. The Balaban J connectivity index is 1.42. The number of methoxy groups -OCH3 is 1. The van der Waals surface area contributed by atoms with E-state index in [0.717, 1.165) is 56.9 Å². The summed E-state index contributed by atoms with van der Waals surface area (Å²) < 4.78 is 5.30. The molecule has 1 atom stereocenters. The van der Waals surface area contributed by atoms with Crippen molar-refractivity contribution in [3.05, 3.63) is 108 Å². The standard InChI is InChI=1S/C32H42N4O2/c1-26(24-35-21-18-33-19-22-35)25-36(32(37)34-23-27-13-15-30(38-2)16-14-27)20-17-31(28-9-5-3-6-10-28)29-11-7-4-8-12-29/h3-13,15-16,27,31,33H,1,14,17-25H2,2H3,(H,34,37). The van der Waals surface area contributed by atoms with E-state index in [2.05, 4.69) is 94.9 Å². The van der Waals surface area contributed by atoms with Crippen LogP contribution in [0.4, 0.5) is 4.79 Å². The fourth-order valence-corrected chi connectivity index (χ4v) is 5.22. The molecule has 0 spiro atoms. The lowest BCUT2D eigenvalue weighted by Gasteiger charge is -2.31. The molecule has 1 fully saturated rings. The van der Waals surface area contributed by atoms with Gasteiger partial charge < -0.3 is 20.3 Å². The van der Waals surface area contributed by atoms with Crippen molar-refractivity contribution in [3.8, 4) is 0 Å². The molecule has 6 nitrogen and oxygen atoms in total. The van der Waals surface area contributed by atoms with E-state index in [4.69, 9.17) is 4.74 Å². The van der Waals surface area contributed by atoms with E-state index in [-0.39, 0.29) is 17.9 Å². The lowest BCUT2D eigenvalue weighted by molar-refractivity contribution is 0.196. The van der Waals surface area contributed by atoms with Gasteiger partial charge in [-0.3, -0.25) is 4.90 Å². The van der Waals surface area contributed by atoms with Crippen molar-refractivity contribution < 1.29 is 9.53 Å². The number of urea groups is 1. The SMILES string of the molecule is C=C(CN1CCNCC1)CN(CCC(c1ccccc1)c1ccccc1)C(=O)NCC1C=CC(OC)=CC1. The molecule has 0 bridgehead atoms. The van der Waals surface area contributed by atoms with E-state index >= 15 is 0 Å². The molecule has 6 heteroatoms. The van der Waals surface area contributed by atoms with E-state index in [0.29, 0.717) is 19.6 Å². The maximum atomic E-state index is 13.5. The quantitative estimate of drug-likeness (QED) is 0.400. The van der Waals surface area contributed by atoms with Gasteiger partial charge in [-0.05, 0) is 47.6 Å². The number of piperazine rings is 1. The van der Waals surface area contributed by atoms with Crippen LogP contribution >= 0.6 is 0 Å². The molecule has 0 saturated carbocycles. The van der Waals surface area contributed by atoms with Gasteiger partial charge in [-0.1, -0.05) is 73.3 Å². The van der Waals surface area contributed by atoms with Crippen molar-refractivity contribution >= 4 is 6.03 Å². The summed E-state index contributed by atoms with van der Waals surface area (Å²) >= 11 is 0.